The van der Waals surface area contributed by atoms with Crippen molar-refractivity contribution in [3.63, 3.8) is 0 Å². The Kier molecular flexibility index (Phi) is 5.75. The van der Waals surface area contributed by atoms with E-state index in [4.69, 9.17) is 16.3 Å². The third kappa shape index (κ3) is 4.74. The lowest BCUT2D eigenvalue weighted by Crippen LogP contribution is -2.12. The van der Waals surface area contributed by atoms with Crippen LogP contribution >= 0.6 is 11.6 Å². The molecule has 2 nitrogen and oxygen atoms in total. The molecule has 0 saturated carbocycles. The van der Waals surface area contributed by atoms with Gasteiger partial charge in [-0.15, -0.1) is 0 Å². The molecule has 0 bridgehead atoms. The van der Waals surface area contributed by atoms with Crippen LogP contribution in [0.4, 0.5) is 18.9 Å². The number of methoxy groups -OCH3 is 1. The van der Waals surface area contributed by atoms with Gasteiger partial charge in [-0.3, -0.25) is 0 Å². The molecule has 1 aromatic carbocycles. The van der Waals surface area contributed by atoms with E-state index in [-0.39, 0.29) is 10.7 Å². The van der Waals surface area contributed by atoms with Crippen LogP contribution in [0, 0.1) is 0 Å². The second kappa shape index (κ2) is 6.85. The molecule has 0 radical (unpaired) electrons. The zero-order chi connectivity index (χ0) is 13.6. The van der Waals surface area contributed by atoms with Crippen molar-refractivity contribution in [1.29, 1.82) is 0 Å². The maximum Gasteiger partial charge on any atom is 0.418 e. The van der Waals surface area contributed by atoms with Crippen molar-refractivity contribution in [3.05, 3.63) is 28.8 Å². The van der Waals surface area contributed by atoms with Crippen LogP contribution in [0.5, 0.6) is 0 Å². The standard InChI is InChI=1S/C12H15ClF3NO/c1-18-7-3-2-6-17-11-5-4-9(13)8-10(11)12(14,15)16/h4-5,8,17H,2-3,6-7H2,1H3. The fourth-order valence-corrected chi connectivity index (χ4v) is 1.67. The highest BCUT2D eigenvalue weighted by Crippen LogP contribution is 2.36. The molecule has 1 N–H and O–H groups in total. The van der Waals surface area contributed by atoms with Gasteiger partial charge in [0.2, 0.25) is 0 Å². The van der Waals surface area contributed by atoms with Crippen molar-refractivity contribution in [1.82, 2.24) is 0 Å². The lowest BCUT2D eigenvalue weighted by atomic mass is 10.1. The van der Waals surface area contributed by atoms with Gasteiger partial charge >= 0.3 is 6.18 Å². The summed E-state index contributed by atoms with van der Waals surface area (Å²) in [4.78, 5) is 0. The number of nitrogens with one attached hydrogen (secondary N) is 1. The summed E-state index contributed by atoms with van der Waals surface area (Å²) in [5.41, 5.74) is -0.675. The summed E-state index contributed by atoms with van der Waals surface area (Å²) < 4.78 is 43.1. The largest absolute Gasteiger partial charge is 0.418 e. The van der Waals surface area contributed by atoms with Crippen LogP contribution in [0.25, 0.3) is 0 Å². The lowest BCUT2D eigenvalue weighted by Gasteiger charge is -2.14. The summed E-state index contributed by atoms with van der Waals surface area (Å²) in [6.07, 6.45) is -2.86. The van der Waals surface area contributed by atoms with Gasteiger partial charge in [0, 0.05) is 31.0 Å². The molecule has 0 atom stereocenters. The number of hydrogen-bond acceptors (Lipinski definition) is 2. The minimum Gasteiger partial charge on any atom is -0.385 e. The van der Waals surface area contributed by atoms with Crippen molar-refractivity contribution in [2.75, 3.05) is 25.6 Å². The third-order valence-electron chi connectivity index (χ3n) is 2.38. The molecule has 1 aromatic rings. The van der Waals surface area contributed by atoms with E-state index < -0.39 is 11.7 Å². The number of halogens is 4. The second-order valence-corrected chi connectivity index (χ2v) is 4.25. The normalized spacial score (nSPS) is 11.6. The van der Waals surface area contributed by atoms with Crippen LogP contribution in [-0.4, -0.2) is 20.3 Å². The highest BCUT2D eigenvalue weighted by atomic mass is 35.5. The molecule has 0 aliphatic carbocycles. The molecule has 0 spiro atoms. The first-order valence-electron chi connectivity index (χ1n) is 5.54. The summed E-state index contributed by atoms with van der Waals surface area (Å²) in [5, 5.41) is 2.85. The fraction of sp³-hybridized carbons (Fsp3) is 0.500. The van der Waals surface area contributed by atoms with Crippen LogP contribution in [0.15, 0.2) is 18.2 Å². The minimum atomic E-state index is -4.40. The minimum absolute atomic E-state index is 0.0596. The molecular formula is C12H15ClF3NO. The molecule has 102 valence electrons. The van der Waals surface area contributed by atoms with E-state index in [1.165, 1.54) is 12.1 Å². The fourth-order valence-electron chi connectivity index (χ4n) is 1.50. The van der Waals surface area contributed by atoms with Crippen molar-refractivity contribution >= 4 is 17.3 Å². The Bertz CT molecular complexity index is 382. The van der Waals surface area contributed by atoms with Gasteiger partial charge in [0.15, 0.2) is 0 Å². The molecule has 6 heteroatoms. The summed E-state index contributed by atoms with van der Waals surface area (Å²) in [6.45, 7) is 1.07. The molecule has 0 fully saturated rings. The zero-order valence-electron chi connectivity index (χ0n) is 9.98. The first-order valence-corrected chi connectivity index (χ1v) is 5.92. The lowest BCUT2D eigenvalue weighted by molar-refractivity contribution is -0.136. The molecule has 0 heterocycles. The summed E-state index contributed by atoms with van der Waals surface area (Å²) in [5.74, 6) is 0. The van der Waals surface area contributed by atoms with E-state index in [1.54, 1.807) is 7.11 Å². The molecule has 0 saturated heterocycles. The number of alkyl halides is 3. The highest BCUT2D eigenvalue weighted by Gasteiger charge is 2.33. The predicted octanol–water partition coefficient (Wildman–Crippen LogP) is 4.20. The third-order valence-corrected chi connectivity index (χ3v) is 2.61. The molecule has 0 amide bonds. The van der Waals surface area contributed by atoms with E-state index in [9.17, 15) is 13.2 Å². The van der Waals surface area contributed by atoms with Gasteiger partial charge < -0.3 is 10.1 Å². The monoisotopic (exact) mass is 281 g/mol. The molecule has 0 unspecified atom stereocenters. The predicted molar refractivity (Wildman–Crippen MR) is 66.1 cm³/mol. The molecule has 18 heavy (non-hydrogen) atoms. The maximum absolute atomic E-state index is 12.7. The topological polar surface area (TPSA) is 21.3 Å². The number of anilines is 1. The quantitative estimate of drug-likeness (QED) is 0.789. The Morgan fingerprint density at radius 3 is 2.61 bits per heavy atom. The van der Waals surface area contributed by atoms with Crippen molar-refractivity contribution in [2.24, 2.45) is 0 Å². The summed E-state index contributed by atoms with van der Waals surface area (Å²) in [6, 6.07) is 3.72. The number of rotatable bonds is 6. The van der Waals surface area contributed by atoms with Gasteiger partial charge in [0.05, 0.1) is 5.56 Å². The zero-order valence-corrected chi connectivity index (χ0v) is 10.7. The number of ether oxygens (including phenoxy) is 1. The Balaban J connectivity index is 2.65. The van der Waals surface area contributed by atoms with Gasteiger partial charge in [-0.05, 0) is 31.0 Å². The van der Waals surface area contributed by atoms with E-state index >= 15 is 0 Å². The van der Waals surface area contributed by atoms with Crippen molar-refractivity contribution < 1.29 is 17.9 Å². The average Bonchev–Trinajstić information content (AvgIpc) is 2.29. The van der Waals surface area contributed by atoms with Gasteiger partial charge in [0.25, 0.3) is 0 Å². The van der Waals surface area contributed by atoms with E-state index in [0.717, 1.165) is 18.9 Å². The Hall–Kier alpha value is -0.940. The van der Waals surface area contributed by atoms with Gasteiger partial charge in [-0.1, -0.05) is 11.6 Å². The van der Waals surface area contributed by atoms with E-state index in [2.05, 4.69) is 5.32 Å². The number of unbranched alkanes of at least 4 members (excludes halogenated alkanes) is 1. The van der Waals surface area contributed by atoms with Crippen LogP contribution in [0.1, 0.15) is 18.4 Å². The molecule has 0 aliphatic heterocycles. The molecular weight excluding hydrogens is 267 g/mol. The molecule has 0 aliphatic rings. The van der Waals surface area contributed by atoms with Crippen LogP contribution in [-0.2, 0) is 10.9 Å². The van der Waals surface area contributed by atoms with Crippen LogP contribution < -0.4 is 5.32 Å². The van der Waals surface area contributed by atoms with Gasteiger partial charge in [0.1, 0.15) is 0 Å². The van der Waals surface area contributed by atoms with E-state index in [1.807, 2.05) is 0 Å². The average molecular weight is 282 g/mol. The first-order chi connectivity index (χ1) is 8.45. The Morgan fingerprint density at radius 2 is 2.00 bits per heavy atom. The highest BCUT2D eigenvalue weighted by molar-refractivity contribution is 6.30. The second-order valence-electron chi connectivity index (χ2n) is 3.81. The van der Waals surface area contributed by atoms with Crippen molar-refractivity contribution in [2.45, 2.75) is 19.0 Å². The van der Waals surface area contributed by atoms with Crippen LogP contribution in [0.3, 0.4) is 0 Å². The molecule has 1 rings (SSSR count). The first kappa shape index (κ1) is 15.1. The van der Waals surface area contributed by atoms with E-state index in [0.29, 0.717) is 13.2 Å². The summed E-state index contributed by atoms with van der Waals surface area (Å²) >= 11 is 5.58. The summed E-state index contributed by atoms with van der Waals surface area (Å²) in [7, 11) is 1.59. The molecule has 0 aromatic heterocycles. The number of benzene rings is 1. The smallest absolute Gasteiger partial charge is 0.385 e. The van der Waals surface area contributed by atoms with Crippen LogP contribution in [0.2, 0.25) is 5.02 Å². The Morgan fingerprint density at radius 1 is 1.28 bits per heavy atom. The Labute approximate surface area is 109 Å². The van der Waals surface area contributed by atoms with Gasteiger partial charge in [-0.25, -0.2) is 0 Å². The van der Waals surface area contributed by atoms with Crippen molar-refractivity contribution in [3.8, 4) is 0 Å². The number of hydrogen-bond donors (Lipinski definition) is 1. The van der Waals surface area contributed by atoms with Gasteiger partial charge in [-0.2, -0.15) is 13.2 Å². The maximum atomic E-state index is 12.7. The SMILES string of the molecule is COCCCCNc1ccc(Cl)cc1C(F)(F)F.